The third-order valence-corrected chi connectivity index (χ3v) is 5.02. The Kier molecular flexibility index (Phi) is 3.94. The molecule has 3 aromatic rings. The molecule has 0 bridgehead atoms. The van der Waals surface area contributed by atoms with Crippen LogP contribution in [0.3, 0.4) is 0 Å². The van der Waals surface area contributed by atoms with Crippen LogP contribution in [0, 0.1) is 0 Å². The lowest BCUT2D eigenvalue weighted by Crippen LogP contribution is -2.28. The molecule has 0 spiro atoms. The number of para-hydroxylation sites is 1. The topological polar surface area (TPSA) is 38.1 Å². The summed E-state index contributed by atoms with van der Waals surface area (Å²) in [6, 6.07) is 13.9. The van der Waals surface area contributed by atoms with E-state index >= 15 is 0 Å². The molecule has 2 heterocycles. The van der Waals surface area contributed by atoms with Crippen LogP contribution in [0.5, 0.6) is 0 Å². The molecule has 4 nitrogen and oxygen atoms in total. The molecule has 5 heteroatoms. The lowest BCUT2D eigenvalue weighted by molar-refractivity contribution is 0.0776. The van der Waals surface area contributed by atoms with Crippen LogP contribution in [-0.4, -0.2) is 27.6 Å². The van der Waals surface area contributed by atoms with Gasteiger partial charge in [-0.2, -0.15) is 16.4 Å². The molecule has 24 heavy (non-hydrogen) atoms. The number of carbonyl (C=O) groups is 1. The van der Waals surface area contributed by atoms with Gasteiger partial charge in [-0.05, 0) is 53.4 Å². The van der Waals surface area contributed by atoms with Crippen molar-refractivity contribution in [3.05, 3.63) is 70.2 Å². The van der Waals surface area contributed by atoms with Crippen LogP contribution >= 0.6 is 11.3 Å². The van der Waals surface area contributed by atoms with Gasteiger partial charge in [0.2, 0.25) is 0 Å². The zero-order valence-electron chi connectivity index (χ0n) is 13.6. The zero-order chi connectivity index (χ0) is 16.5. The van der Waals surface area contributed by atoms with Crippen LogP contribution in [0.2, 0.25) is 0 Å². The van der Waals surface area contributed by atoms with Crippen molar-refractivity contribution in [1.29, 1.82) is 0 Å². The maximum absolute atomic E-state index is 13.0. The molecule has 1 saturated carbocycles. The fraction of sp³-hybridized carbons (Fsp3) is 0.263. The van der Waals surface area contributed by atoms with Crippen LogP contribution < -0.4 is 0 Å². The number of nitrogens with zero attached hydrogens (tertiary/aromatic N) is 3. The van der Waals surface area contributed by atoms with Gasteiger partial charge >= 0.3 is 0 Å². The van der Waals surface area contributed by atoms with Crippen molar-refractivity contribution in [2.24, 2.45) is 0 Å². The lowest BCUT2D eigenvalue weighted by atomic mass is 10.2. The number of hydrogen-bond acceptors (Lipinski definition) is 3. The van der Waals surface area contributed by atoms with E-state index in [1.165, 1.54) is 12.8 Å². The molecular formula is C19H19N3OS. The van der Waals surface area contributed by atoms with E-state index in [4.69, 9.17) is 5.10 Å². The number of hydrogen-bond donors (Lipinski definition) is 0. The van der Waals surface area contributed by atoms with E-state index in [0.29, 0.717) is 18.2 Å². The Bertz CT molecular complexity index is 835. The summed E-state index contributed by atoms with van der Waals surface area (Å²) in [6.45, 7) is 0.612. The highest BCUT2D eigenvalue weighted by atomic mass is 32.1. The summed E-state index contributed by atoms with van der Waals surface area (Å²) in [4.78, 5) is 14.7. The van der Waals surface area contributed by atoms with E-state index in [1.807, 2.05) is 48.8 Å². The van der Waals surface area contributed by atoms with E-state index in [9.17, 15) is 4.79 Å². The van der Waals surface area contributed by atoms with Crippen LogP contribution in [-0.2, 0) is 6.54 Å². The monoisotopic (exact) mass is 337 g/mol. The minimum absolute atomic E-state index is 0.00412. The molecule has 4 rings (SSSR count). The zero-order valence-corrected chi connectivity index (χ0v) is 14.4. The SMILES string of the molecule is CN(Cc1ccsc1)C(=O)c1cc(C2CC2)nn1-c1ccccc1. The summed E-state index contributed by atoms with van der Waals surface area (Å²) in [7, 11) is 1.85. The molecule has 2 aromatic heterocycles. The average Bonchev–Trinajstić information content (AvgIpc) is 3.16. The summed E-state index contributed by atoms with van der Waals surface area (Å²) >= 11 is 1.65. The van der Waals surface area contributed by atoms with Gasteiger partial charge in [0, 0.05) is 19.5 Å². The molecule has 0 saturated heterocycles. The highest BCUT2D eigenvalue weighted by Crippen LogP contribution is 2.39. The van der Waals surface area contributed by atoms with Crippen LogP contribution in [0.15, 0.2) is 53.2 Å². The second-order valence-electron chi connectivity index (χ2n) is 6.27. The van der Waals surface area contributed by atoms with E-state index < -0.39 is 0 Å². The molecule has 1 fully saturated rings. The Morgan fingerprint density at radius 2 is 2.08 bits per heavy atom. The Labute approximate surface area is 145 Å². The molecule has 122 valence electrons. The number of amides is 1. The second-order valence-corrected chi connectivity index (χ2v) is 7.05. The van der Waals surface area contributed by atoms with Gasteiger partial charge in [-0.15, -0.1) is 0 Å². The first-order chi connectivity index (χ1) is 11.7. The largest absolute Gasteiger partial charge is 0.336 e. The van der Waals surface area contributed by atoms with Gasteiger partial charge in [0.15, 0.2) is 0 Å². The minimum atomic E-state index is 0.00412. The number of carbonyl (C=O) groups excluding carboxylic acids is 1. The standard InChI is InChI=1S/C19H19N3OS/c1-21(12-14-9-10-24-13-14)19(23)18-11-17(15-7-8-15)20-22(18)16-5-3-2-4-6-16/h2-6,9-11,13,15H,7-8,12H2,1H3. The summed E-state index contributed by atoms with van der Waals surface area (Å²) in [5.74, 6) is 0.521. The summed E-state index contributed by atoms with van der Waals surface area (Å²) in [5, 5.41) is 8.83. The molecule has 0 unspecified atom stereocenters. The quantitative estimate of drug-likeness (QED) is 0.703. The van der Waals surface area contributed by atoms with Crippen molar-refractivity contribution in [2.45, 2.75) is 25.3 Å². The van der Waals surface area contributed by atoms with Crippen molar-refractivity contribution >= 4 is 17.2 Å². The van der Waals surface area contributed by atoms with Crippen LogP contribution in [0.4, 0.5) is 0 Å². The Balaban J connectivity index is 1.66. The number of benzene rings is 1. The lowest BCUT2D eigenvalue weighted by Gasteiger charge is -2.17. The maximum Gasteiger partial charge on any atom is 0.272 e. The maximum atomic E-state index is 13.0. The van der Waals surface area contributed by atoms with Crippen molar-refractivity contribution in [3.8, 4) is 5.69 Å². The Morgan fingerprint density at radius 1 is 1.29 bits per heavy atom. The highest BCUT2D eigenvalue weighted by molar-refractivity contribution is 7.07. The first-order valence-corrected chi connectivity index (χ1v) is 9.08. The molecule has 0 aliphatic heterocycles. The van der Waals surface area contributed by atoms with Gasteiger partial charge in [0.05, 0.1) is 11.4 Å². The molecular weight excluding hydrogens is 318 g/mol. The van der Waals surface area contributed by atoms with Gasteiger partial charge in [0.1, 0.15) is 5.69 Å². The van der Waals surface area contributed by atoms with Gasteiger partial charge in [-0.25, -0.2) is 4.68 Å². The van der Waals surface area contributed by atoms with Crippen molar-refractivity contribution in [2.75, 3.05) is 7.05 Å². The fourth-order valence-electron chi connectivity index (χ4n) is 2.82. The average molecular weight is 337 g/mol. The van der Waals surface area contributed by atoms with E-state index in [0.717, 1.165) is 16.9 Å². The van der Waals surface area contributed by atoms with Crippen LogP contribution in [0.25, 0.3) is 5.69 Å². The molecule has 1 aliphatic rings. The molecule has 1 amide bonds. The normalized spacial score (nSPS) is 13.9. The van der Waals surface area contributed by atoms with Crippen molar-refractivity contribution < 1.29 is 4.79 Å². The van der Waals surface area contributed by atoms with Gasteiger partial charge in [-0.1, -0.05) is 18.2 Å². The van der Waals surface area contributed by atoms with E-state index in [1.54, 1.807) is 20.9 Å². The first kappa shape index (κ1) is 15.1. The smallest absolute Gasteiger partial charge is 0.272 e. The Hall–Kier alpha value is -2.40. The number of aromatic nitrogens is 2. The van der Waals surface area contributed by atoms with Gasteiger partial charge < -0.3 is 4.90 Å². The third kappa shape index (κ3) is 2.99. The van der Waals surface area contributed by atoms with Gasteiger partial charge in [0.25, 0.3) is 5.91 Å². The number of rotatable bonds is 5. The highest BCUT2D eigenvalue weighted by Gasteiger charge is 2.29. The molecule has 1 aromatic carbocycles. The summed E-state index contributed by atoms with van der Waals surface area (Å²) in [5.41, 5.74) is 3.76. The second kappa shape index (κ2) is 6.24. The predicted molar refractivity (Wildman–Crippen MR) is 95.7 cm³/mol. The van der Waals surface area contributed by atoms with Gasteiger partial charge in [-0.3, -0.25) is 4.79 Å². The van der Waals surface area contributed by atoms with E-state index in [-0.39, 0.29) is 5.91 Å². The Morgan fingerprint density at radius 3 is 2.75 bits per heavy atom. The van der Waals surface area contributed by atoms with Crippen molar-refractivity contribution in [3.63, 3.8) is 0 Å². The first-order valence-electron chi connectivity index (χ1n) is 8.14. The molecule has 0 atom stereocenters. The van der Waals surface area contributed by atoms with Crippen LogP contribution in [0.1, 0.15) is 40.5 Å². The number of thiophene rings is 1. The molecule has 0 radical (unpaired) electrons. The van der Waals surface area contributed by atoms with Crippen molar-refractivity contribution in [1.82, 2.24) is 14.7 Å². The fourth-order valence-corrected chi connectivity index (χ4v) is 3.48. The minimum Gasteiger partial charge on any atom is -0.336 e. The third-order valence-electron chi connectivity index (χ3n) is 4.29. The molecule has 0 N–H and O–H groups in total. The summed E-state index contributed by atoms with van der Waals surface area (Å²) < 4.78 is 1.79. The summed E-state index contributed by atoms with van der Waals surface area (Å²) in [6.07, 6.45) is 2.34. The molecule has 1 aliphatic carbocycles. The predicted octanol–water partition coefficient (Wildman–Crippen LogP) is 4.08. The van der Waals surface area contributed by atoms with E-state index in [2.05, 4.69) is 11.4 Å².